The van der Waals surface area contributed by atoms with Crippen molar-refractivity contribution in [2.24, 2.45) is 5.92 Å². The van der Waals surface area contributed by atoms with Gasteiger partial charge in [0.15, 0.2) is 12.2 Å². The molecule has 0 saturated heterocycles. The van der Waals surface area contributed by atoms with Crippen LogP contribution in [-0.2, 0) is 65.4 Å². The largest absolute Gasteiger partial charge is 0.472 e. The minimum Gasteiger partial charge on any atom is -0.462 e. The molecule has 0 saturated carbocycles. The van der Waals surface area contributed by atoms with Gasteiger partial charge in [-0.3, -0.25) is 37.3 Å². The van der Waals surface area contributed by atoms with Gasteiger partial charge in [0.05, 0.1) is 26.4 Å². The van der Waals surface area contributed by atoms with Crippen LogP contribution < -0.4 is 0 Å². The van der Waals surface area contributed by atoms with E-state index >= 15 is 0 Å². The highest BCUT2D eigenvalue weighted by atomic mass is 31.2. The molecule has 2 unspecified atom stereocenters. The van der Waals surface area contributed by atoms with Crippen molar-refractivity contribution >= 4 is 39.5 Å². The first-order valence-corrected chi connectivity index (χ1v) is 47.6. The van der Waals surface area contributed by atoms with Gasteiger partial charge < -0.3 is 33.8 Å². The fraction of sp³-hybridized carbons (Fsp3) is 0.953. The smallest absolute Gasteiger partial charge is 0.462 e. The zero-order chi connectivity index (χ0) is 76.9. The average Bonchev–Trinajstić information content (AvgIpc) is 0.913. The molecule has 0 fully saturated rings. The van der Waals surface area contributed by atoms with Crippen LogP contribution in [-0.4, -0.2) is 96.7 Å². The SMILES string of the molecule is CCCCCCCCCCCCCCCCCCCCCCCCC(=O)O[C@H](COC(=O)CCCCCCCCCCCCCCCCCCC)COP(=O)(O)OC[C@@H](O)COP(=O)(O)OC[C@@H](COC(=O)CCCCCCCCCCCC)OC(=O)CCCCCCCCCCCCCCCC(C)C. The van der Waals surface area contributed by atoms with Crippen LogP contribution >= 0.6 is 15.6 Å². The lowest BCUT2D eigenvalue weighted by Crippen LogP contribution is -2.30. The molecule has 0 aliphatic carbocycles. The standard InChI is InChI=1S/C86H168O17P2/c1-6-9-12-15-18-21-24-26-28-30-31-32-33-34-36-38-42-46-51-56-61-66-71-85(90)103-82(76-97-84(89)70-65-60-55-50-45-41-37-35-29-27-25-22-19-16-13-10-7-2)78-101-105(94,95)99-74-80(87)73-98-104(92,93)100-77-81(75-96-83(88)69-64-59-54-49-23-20-17-14-11-8-3)102-86(91)72-67-62-57-52-47-43-39-40-44-48-53-58-63-68-79(4)5/h79-82,87H,6-78H2,1-5H3,(H,92,93)(H,94,95)/t80-,81+,82+/m0/s1. The third-order valence-corrected chi connectivity index (χ3v) is 22.2. The number of phosphoric ester groups is 2. The fourth-order valence-corrected chi connectivity index (χ4v) is 15.1. The van der Waals surface area contributed by atoms with Gasteiger partial charge in [-0.2, -0.15) is 0 Å². The Morgan fingerprint density at radius 2 is 0.438 bits per heavy atom. The lowest BCUT2D eigenvalue weighted by Gasteiger charge is -2.21. The maximum atomic E-state index is 13.1. The highest BCUT2D eigenvalue weighted by Gasteiger charge is 2.30. The summed E-state index contributed by atoms with van der Waals surface area (Å²) < 4.78 is 68.9. The van der Waals surface area contributed by atoms with E-state index in [4.69, 9.17) is 37.0 Å². The molecular weight excluding hydrogens is 1370 g/mol. The third kappa shape index (κ3) is 79.9. The number of hydrogen-bond donors (Lipinski definition) is 3. The van der Waals surface area contributed by atoms with E-state index in [9.17, 15) is 43.2 Å². The summed E-state index contributed by atoms with van der Waals surface area (Å²) in [6.07, 6.45) is 72.2. The Hall–Kier alpha value is -1.94. The molecule has 0 heterocycles. The number of phosphoric acid groups is 2. The summed E-state index contributed by atoms with van der Waals surface area (Å²) >= 11 is 0. The lowest BCUT2D eigenvalue weighted by molar-refractivity contribution is -0.161. The van der Waals surface area contributed by atoms with Gasteiger partial charge in [0.1, 0.15) is 19.3 Å². The van der Waals surface area contributed by atoms with Crippen LogP contribution in [0.2, 0.25) is 0 Å². The van der Waals surface area contributed by atoms with Crippen LogP contribution in [0.4, 0.5) is 0 Å². The molecule has 19 heteroatoms. The normalized spacial score (nSPS) is 13.8. The third-order valence-electron chi connectivity index (χ3n) is 20.3. The Kier molecular flexibility index (Phi) is 77.3. The van der Waals surface area contributed by atoms with E-state index in [2.05, 4.69) is 34.6 Å². The maximum absolute atomic E-state index is 13.1. The average molecular weight is 1540 g/mol. The first-order valence-electron chi connectivity index (χ1n) is 44.6. The fourth-order valence-electron chi connectivity index (χ4n) is 13.5. The number of aliphatic hydroxyl groups is 1. The van der Waals surface area contributed by atoms with Crippen molar-refractivity contribution < 1.29 is 80.2 Å². The molecule has 3 N–H and O–H groups in total. The van der Waals surface area contributed by atoms with Crippen LogP contribution in [0.25, 0.3) is 0 Å². The van der Waals surface area contributed by atoms with Gasteiger partial charge in [0.2, 0.25) is 0 Å². The van der Waals surface area contributed by atoms with E-state index in [1.807, 2.05) is 0 Å². The van der Waals surface area contributed by atoms with Gasteiger partial charge >= 0.3 is 39.5 Å². The molecule has 0 bridgehead atoms. The van der Waals surface area contributed by atoms with E-state index in [-0.39, 0.29) is 25.7 Å². The predicted octanol–water partition coefficient (Wildman–Crippen LogP) is 26.4. The van der Waals surface area contributed by atoms with Crippen molar-refractivity contribution in [1.29, 1.82) is 0 Å². The second-order valence-electron chi connectivity index (χ2n) is 31.4. The summed E-state index contributed by atoms with van der Waals surface area (Å²) in [7, 11) is -9.93. The van der Waals surface area contributed by atoms with Gasteiger partial charge in [-0.15, -0.1) is 0 Å². The van der Waals surface area contributed by atoms with Gasteiger partial charge in [0, 0.05) is 25.7 Å². The van der Waals surface area contributed by atoms with E-state index in [1.54, 1.807) is 0 Å². The van der Waals surface area contributed by atoms with Gasteiger partial charge in [-0.25, -0.2) is 9.13 Å². The first kappa shape index (κ1) is 103. The summed E-state index contributed by atoms with van der Waals surface area (Å²) in [5.74, 6) is -1.31. The molecule has 0 aromatic rings. The number of hydrogen-bond acceptors (Lipinski definition) is 15. The Bertz CT molecular complexity index is 2000. The second-order valence-corrected chi connectivity index (χ2v) is 34.3. The molecule has 0 aliphatic heterocycles. The van der Waals surface area contributed by atoms with E-state index in [0.717, 1.165) is 95.8 Å². The van der Waals surface area contributed by atoms with E-state index in [1.165, 1.54) is 289 Å². The van der Waals surface area contributed by atoms with Gasteiger partial charge in [0.25, 0.3) is 0 Å². The zero-order valence-corrected chi connectivity index (χ0v) is 70.7. The van der Waals surface area contributed by atoms with Crippen molar-refractivity contribution in [3.63, 3.8) is 0 Å². The Morgan fingerprint density at radius 1 is 0.257 bits per heavy atom. The number of ether oxygens (including phenoxy) is 4. The van der Waals surface area contributed by atoms with Gasteiger partial charge in [-0.1, -0.05) is 413 Å². The maximum Gasteiger partial charge on any atom is 0.472 e. The number of carbonyl (C=O) groups excluding carboxylic acids is 4. The lowest BCUT2D eigenvalue weighted by atomic mass is 10.0. The molecule has 17 nitrogen and oxygen atoms in total. The molecule has 0 aliphatic rings. The molecular formula is C86H168O17P2. The quantitative estimate of drug-likeness (QED) is 0.0222. The number of aliphatic hydroxyl groups excluding tert-OH is 1. The van der Waals surface area contributed by atoms with Crippen LogP contribution in [0.1, 0.15) is 465 Å². The van der Waals surface area contributed by atoms with Crippen molar-refractivity contribution in [2.45, 2.75) is 483 Å². The Balaban J connectivity index is 5.21. The van der Waals surface area contributed by atoms with Crippen LogP contribution in [0, 0.1) is 5.92 Å². The van der Waals surface area contributed by atoms with Crippen LogP contribution in [0.15, 0.2) is 0 Å². The molecule has 105 heavy (non-hydrogen) atoms. The zero-order valence-electron chi connectivity index (χ0n) is 68.9. The number of carbonyl (C=O) groups is 4. The molecule has 0 rings (SSSR count). The van der Waals surface area contributed by atoms with Crippen molar-refractivity contribution in [1.82, 2.24) is 0 Å². The number of rotatable bonds is 86. The molecule has 0 radical (unpaired) electrons. The van der Waals surface area contributed by atoms with Crippen molar-refractivity contribution in [3.05, 3.63) is 0 Å². The Morgan fingerprint density at radius 3 is 0.648 bits per heavy atom. The van der Waals surface area contributed by atoms with Crippen molar-refractivity contribution in [2.75, 3.05) is 39.6 Å². The highest BCUT2D eigenvalue weighted by molar-refractivity contribution is 7.47. The van der Waals surface area contributed by atoms with Crippen LogP contribution in [0.3, 0.4) is 0 Å². The summed E-state index contributed by atoms with van der Waals surface area (Å²) in [6, 6.07) is 0. The summed E-state index contributed by atoms with van der Waals surface area (Å²) in [4.78, 5) is 73.2. The Labute approximate surface area is 645 Å². The molecule has 624 valence electrons. The van der Waals surface area contributed by atoms with E-state index in [0.29, 0.717) is 25.7 Å². The molecule has 5 atom stereocenters. The first-order chi connectivity index (χ1) is 51.0. The van der Waals surface area contributed by atoms with Gasteiger partial charge in [-0.05, 0) is 31.6 Å². The highest BCUT2D eigenvalue weighted by Crippen LogP contribution is 2.45. The van der Waals surface area contributed by atoms with Crippen LogP contribution in [0.5, 0.6) is 0 Å². The molecule has 0 aromatic heterocycles. The molecule has 0 spiro atoms. The minimum absolute atomic E-state index is 0.108. The number of esters is 4. The minimum atomic E-state index is -4.96. The predicted molar refractivity (Wildman–Crippen MR) is 432 cm³/mol. The summed E-state index contributed by atoms with van der Waals surface area (Å²) in [5, 5.41) is 10.7. The number of unbranched alkanes of at least 4 members (excludes halogenated alkanes) is 58. The topological polar surface area (TPSA) is 237 Å². The molecule has 0 amide bonds. The summed E-state index contributed by atoms with van der Waals surface area (Å²) in [6.45, 7) is 7.37. The molecule has 0 aromatic carbocycles. The van der Waals surface area contributed by atoms with E-state index < -0.39 is 97.5 Å². The monoisotopic (exact) mass is 1540 g/mol. The summed E-state index contributed by atoms with van der Waals surface area (Å²) in [5.41, 5.74) is 0. The second kappa shape index (κ2) is 78.7. The van der Waals surface area contributed by atoms with Crippen molar-refractivity contribution in [3.8, 4) is 0 Å².